The first kappa shape index (κ1) is 17.5. The molecule has 0 aliphatic carbocycles. The molecule has 0 bridgehead atoms. The smallest absolute Gasteiger partial charge is 0.275 e. The number of carbonyl (C=O) groups is 1. The van der Waals surface area contributed by atoms with Gasteiger partial charge in [-0.15, -0.1) is 0 Å². The van der Waals surface area contributed by atoms with E-state index >= 15 is 0 Å². The predicted octanol–water partition coefficient (Wildman–Crippen LogP) is 3.25. The fraction of sp³-hybridized carbons (Fsp3) is 0.250. The molecule has 3 aromatic rings. The maximum Gasteiger partial charge on any atom is 0.275 e. The van der Waals surface area contributed by atoms with E-state index in [4.69, 9.17) is 16.3 Å². The number of methoxy groups -OCH3 is 1. The molecular weight excluding hydrogens is 364 g/mol. The Hall–Kier alpha value is -2.86. The molecule has 7 heteroatoms. The van der Waals surface area contributed by atoms with Crippen molar-refractivity contribution in [3.63, 3.8) is 0 Å². The van der Waals surface area contributed by atoms with Crippen molar-refractivity contribution in [1.29, 1.82) is 0 Å². The number of rotatable bonds is 3. The van der Waals surface area contributed by atoms with E-state index in [9.17, 15) is 4.79 Å². The van der Waals surface area contributed by atoms with Crippen LogP contribution in [0.2, 0.25) is 5.15 Å². The van der Waals surface area contributed by atoms with Gasteiger partial charge >= 0.3 is 0 Å². The number of benzene rings is 2. The van der Waals surface area contributed by atoms with Gasteiger partial charge in [0.05, 0.1) is 18.1 Å². The average Bonchev–Trinajstić information content (AvgIpc) is 2.73. The van der Waals surface area contributed by atoms with Crippen molar-refractivity contribution in [2.45, 2.75) is 0 Å². The van der Waals surface area contributed by atoms with Crippen LogP contribution in [0.3, 0.4) is 0 Å². The molecule has 0 saturated carbocycles. The van der Waals surface area contributed by atoms with Crippen LogP contribution >= 0.6 is 11.6 Å². The number of amides is 1. The summed E-state index contributed by atoms with van der Waals surface area (Å²) in [7, 11) is 1.65. The lowest BCUT2D eigenvalue weighted by molar-refractivity contribution is 0.0741. The van der Waals surface area contributed by atoms with E-state index in [2.05, 4.69) is 14.9 Å². The number of halogens is 1. The van der Waals surface area contributed by atoms with Crippen molar-refractivity contribution in [2.75, 3.05) is 38.2 Å². The number of ether oxygens (including phenoxy) is 1. The van der Waals surface area contributed by atoms with Gasteiger partial charge in [-0.2, -0.15) is 0 Å². The second-order valence-electron chi connectivity index (χ2n) is 6.33. The molecule has 27 heavy (non-hydrogen) atoms. The number of aromatic nitrogens is 2. The zero-order valence-corrected chi connectivity index (χ0v) is 15.7. The van der Waals surface area contributed by atoms with Gasteiger partial charge in [0.15, 0.2) is 10.8 Å². The molecule has 1 amide bonds. The monoisotopic (exact) mass is 382 g/mol. The molecule has 1 aromatic heterocycles. The summed E-state index contributed by atoms with van der Waals surface area (Å²) in [6.07, 6.45) is 0. The lowest BCUT2D eigenvalue weighted by Crippen LogP contribution is -2.49. The minimum Gasteiger partial charge on any atom is -0.497 e. The number of fused-ring (bicyclic) bond motifs is 1. The first-order valence-electron chi connectivity index (χ1n) is 8.76. The van der Waals surface area contributed by atoms with Gasteiger partial charge in [-0.25, -0.2) is 9.97 Å². The van der Waals surface area contributed by atoms with E-state index in [0.29, 0.717) is 24.1 Å². The van der Waals surface area contributed by atoms with Crippen LogP contribution in [0.5, 0.6) is 5.75 Å². The standard InChI is InChI=1S/C20H19ClN4O2/c1-27-15-8-6-14(7-9-15)24-10-12-25(13-11-24)20(26)18-19(21)23-17-5-3-2-4-16(17)22-18/h2-9H,10-13H2,1H3. The molecular formula is C20H19ClN4O2. The van der Waals surface area contributed by atoms with E-state index in [1.54, 1.807) is 12.0 Å². The second kappa shape index (κ2) is 7.40. The van der Waals surface area contributed by atoms with Crippen molar-refractivity contribution in [1.82, 2.24) is 14.9 Å². The molecule has 0 N–H and O–H groups in total. The number of carbonyl (C=O) groups excluding carboxylic acids is 1. The molecule has 0 unspecified atom stereocenters. The number of hydrogen-bond donors (Lipinski definition) is 0. The van der Waals surface area contributed by atoms with Crippen LogP contribution in [0.25, 0.3) is 11.0 Å². The Morgan fingerprint density at radius 2 is 1.59 bits per heavy atom. The molecule has 1 aliphatic heterocycles. The van der Waals surface area contributed by atoms with Gasteiger partial charge in [-0.3, -0.25) is 4.79 Å². The highest BCUT2D eigenvalue weighted by Crippen LogP contribution is 2.22. The van der Waals surface area contributed by atoms with Crippen molar-refractivity contribution in [2.24, 2.45) is 0 Å². The molecule has 2 heterocycles. The summed E-state index contributed by atoms with van der Waals surface area (Å²) < 4.78 is 5.20. The van der Waals surface area contributed by atoms with E-state index < -0.39 is 0 Å². The van der Waals surface area contributed by atoms with Gasteiger partial charge in [0.1, 0.15) is 5.75 Å². The molecule has 1 saturated heterocycles. The Labute approximate surface area is 162 Å². The van der Waals surface area contributed by atoms with Gasteiger partial charge in [0.2, 0.25) is 0 Å². The van der Waals surface area contributed by atoms with Gasteiger partial charge in [-0.05, 0) is 36.4 Å². The van der Waals surface area contributed by atoms with Gasteiger partial charge in [0.25, 0.3) is 5.91 Å². The fourth-order valence-corrected chi connectivity index (χ4v) is 3.44. The summed E-state index contributed by atoms with van der Waals surface area (Å²) in [6, 6.07) is 15.3. The summed E-state index contributed by atoms with van der Waals surface area (Å²) in [5, 5.41) is 0.149. The van der Waals surface area contributed by atoms with Crippen molar-refractivity contribution in [3.05, 3.63) is 59.4 Å². The summed E-state index contributed by atoms with van der Waals surface area (Å²) in [4.78, 5) is 25.7. The average molecular weight is 383 g/mol. The van der Waals surface area contributed by atoms with E-state index in [0.717, 1.165) is 24.5 Å². The molecule has 4 rings (SSSR count). The maximum absolute atomic E-state index is 12.9. The third-order valence-electron chi connectivity index (χ3n) is 4.74. The Kier molecular flexibility index (Phi) is 4.81. The Morgan fingerprint density at radius 1 is 0.963 bits per heavy atom. The molecule has 1 fully saturated rings. The third-order valence-corrected chi connectivity index (χ3v) is 5.00. The number of piperazine rings is 1. The predicted molar refractivity (Wildman–Crippen MR) is 106 cm³/mol. The maximum atomic E-state index is 12.9. The number of para-hydroxylation sites is 2. The first-order chi connectivity index (χ1) is 13.2. The molecule has 0 radical (unpaired) electrons. The molecule has 0 spiro atoms. The zero-order valence-electron chi connectivity index (χ0n) is 14.9. The quantitative estimate of drug-likeness (QED) is 0.696. The van der Waals surface area contributed by atoms with Crippen LogP contribution in [-0.2, 0) is 0 Å². The largest absolute Gasteiger partial charge is 0.497 e. The van der Waals surface area contributed by atoms with Crippen molar-refractivity contribution < 1.29 is 9.53 Å². The second-order valence-corrected chi connectivity index (χ2v) is 6.69. The topological polar surface area (TPSA) is 58.6 Å². The van der Waals surface area contributed by atoms with Crippen LogP contribution in [0.4, 0.5) is 5.69 Å². The van der Waals surface area contributed by atoms with Crippen LogP contribution < -0.4 is 9.64 Å². The molecule has 0 atom stereocenters. The van der Waals surface area contributed by atoms with Crippen molar-refractivity contribution >= 4 is 34.2 Å². The number of hydrogen-bond acceptors (Lipinski definition) is 5. The minimum absolute atomic E-state index is 0.149. The van der Waals surface area contributed by atoms with E-state index in [1.807, 2.05) is 48.5 Å². The normalized spacial score (nSPS) is 14.4. The lowest BCUT2D eigenvalue weighted by atomic mass is 10.2. The summed E-state index contributed by atoms with van der Waals surface area (Å²) in [6.45, 7) is 2.71. The van der Waals surface area contributed by atoms with E-state index in [-0.39, 0.29) is 16.8 Å². The molecule has 138 valence electrons. The van der Waals surface area contributed by atoms with Gasteiger partial charge < -0.3 is 14.5 Å². The summed E-state index contributed by atoms with van der Waals surface area (Å²) in [5.41, 5.74) is 2.69. The third kappa shape index (κ3) is 3.53. The Balaban J connectivity index is 1.47. The number of anilines is 1. The highest BCUT2D eigenvalue weighted by Gasteiger charge is 2.25. The van der Waals surface area contributed by atoms with Crippen LogP contribution in [0, 0.1) is 0 Å². The lowest BCUT2D eigenvalue weighted by Gasteiger charge is -2.36. The molecule has 1 aliphatic rings. The Morgan fingerprint density at radius 3 is 2.22 bits per heavy atom. The SMILES string of the molecule is COc1ccc(N2CCN(C(=O)c3nc4ccccc4nc3Cl)CC2)cc1. The molecule has 6 nitrogen and oxygen atoms in total. The first-order valence-corrected chi connectivity index (χ1v) is 9.14. The van der Waals surface area contributed by atoms with Crippen molar-refractivity contribution in [3.8, 4) is 5.75 Å². The Bertz CT molecular complexity index is 969. The van der Waals surface area contributed by atoms with Crippen LogP contribution in [0.15, 0.2) is 48.5 Å². The van der Waals surface area contributed by atoms with Gasteiger partial charge in [0, 0.05) is 31.9 Å². The molecule has 2 aromatic carbocycles. The van der Waals surface area contributed by atoms with Gasteiger partial charge in [-0.1, -0.05) is 23.7 Å². The van der Waals surface area contributed by atoms with Crippen LogP contribution in [-0.4, -0.2) is 54.1 Å². The summed E-state index contributed by atoms with van der Waals surface area (Å²) >= 11 is 6.23. The number of nitrogens with zero attached hydrogens (tertiary/aromatic N) is 4. The van der Waals surface area contributed by atoms with Crippen LogP contribution in [0.1, 0.15) is 10.5 Å². The zero-order chi connectivity index (χ0) is 18.8. The highest BCUT2D eigenvalue weighted by atomic mass is 35.5. The fourth-order valence-electron chi connectivity index (χ4n) is 3.23. The minimum atomic E-state index is -0.173. The highest BCUT2D eigenvalue weighted by molar-refractivity contribution is 6.32. The van der Waals surface area contributed by atoms with E-state index in [1.165, 1.54) is 0 Å². The summed E-state index contributed by atoms with van der Waals surface area (Å²) in [5.74, 6) is 0.657.